The fourth-order valence-corrected chi connectivity index (χ4v) is 2.21. The second-order valence-corrected chi connectivity index (χ2v) is 3.97. The lowest BCUT2D eigenvalue weighted by Crippen LogP contribution is -2.12. The first-order valence-electron chi connectivity index (χ1n) is 3.89. The van der Waals surface area contributed by atoms with E-state index < -0.39 is 0 Å². The molecular weight excluding hydrogens is 249 g/mol. The van der Waals surface area contributed by atoms with Crippen molar-refractivity contribution in [1.29, 1.82) is 0 Å². The molecule has 0 saturated heterocycles. The van der Waals surface area contributed by atoms with Crippen LogP contribution in [0.15, 0.2) is 18.2 Å². The third-order valence-corrected chi connectivity index (χ3v) is 2.92. The van der Waals surface area contributed by atoms with Gasteiger partial charge >= 0.3 is 0 Å². The predicted molar refractivity (Wildman–Crippen MR) is 56.0 cm³/mol. The zero-order chi connectivity index (χ0) is 7.68. The molecule has 0 aliphatic carbocycles. The van der Waals surface area contributed by atoms with Crippen molar-refractivity contribution in [2.75, 3.05) is 11.9 Å². The first-order valence-corrected chi connectivity index (χ1v) is 4.97. The fourth-order valence-electron chi connectivity index (χ4n) is 1.47. The van der Waals surface area contributed by atoms with Crippen molar-refractivity contribution in [3.05, 3.63) is 27.3 Å². The summed E-state index contributed by atoms with van der Waals surface area (Å²) in [5, 5.41) is 3.42. The van der Waals surface area contributed by atoms with Crippen molar-refractivity contribution in [3.63, 3.8) is 0 Å². The van der Waals surface area contributed by atoms with E-state index in [1.165, 1.54) is 27.7 Å². The van der Waals surface area contributed by atoms with Crippen LogP contribution in [0, 0.1) is 3.57 Å². The number of halogens is 1. The van der Waals surface area contributed by atoms with E-state index in [2.05, 4.69) is 46.1 Å². The van der Waals surface area contributed by atoms with E-state index in [1.807, 2.05) is 0 Å². The van der Waals surface area contributed by atoms with Gasteiger partial charge in [-0.2, -0.15) is 0 Å². The van der Waals surface area contributed by atoms with E-state index in [-0.39, 0.29) is 0 Å². The Bertz CT molecular complexity index is 270. The van der Waals surface area contributed by atoms with Crippen LogP contribution in [-0.4, -0.2) is 6.54 Å². The molecule has 0 amide bonds. The van der Waals surface area contributed by atoms with Gasteiger partial charge in [-0.15, -0.1) is 0 Å². The molecule has 0 radical (unpaired) electrons. The maximum absolute atomic E-state index is 3.42. The van der Waals surface area contributed by atoms with Gasteiger partial charge in [-0.25, -0.2) is 0 Å². The lowest BCUT2D eigenvalue weighted by molar-refractivity contribution is 0.828. The third-order valence-electron chi connectivity index (χ3n) is 2.02. The fraction of sp³-hybridized carbons (Fsp3) is 0.333. The molecule has 0 aromatic heterocycles. The molecule has 0 bridgehead atoms. The van der Waals surface area contributed by atoms with Crippen LogP contribution in [0.3, 0.4) is 0 Å². The molecule has 0 atom stereocenters. The summed E-state index contributed by atoms with van der Waals surface area (Å²) in [7, 11) is 0. The summed E-state index contributed by atoms with van der Waals surface area (Å²) in [5.74, 6) is 0. The summed E-state index contributed by atoms with van der Waals surface area (Å²) in [6.45, 7) is 1.13. The van der Waals surface area contributed by atoms with Crippen LogP contribution in [0.25, 0.3) is 0 Å². The Morgan fingerprint density at radius 3 is 3.09 bits per heavy atom. The number of fused-ring (bicyclic) bond motifs is 1. The quantitative estimate of drug-likeness (QED) is 0.706. The number of anilines is 1. The van der Waals surface area contributed by atoms with Gasteiger partial charge in [0.05, 0.1) is 5.69 Å². The van der Waals surface area contributed by atoms with Crippen molar-refractivity contribution >= 4 is 28.3 Å². The van der Waals surface area contributed by atoms with Crippen molar-refractivity contribution in [2.45, 2.75) is 12.8 Å². The van der Waals surface area contributed by atoms with Gasteiger partial charge in [-0.05, 0) is 47.1 Å². The monoisotopic (exact) mass is 259 g/mol. The number of para-hydroxylation sites is 1. The largest absolute Gasteiger partial charge is 0.384 e. The third kappa shape index (κ3) is 1.36. The zero-order valence-electron chi connectivity index (χ0n) is 6.23. The molecule has 11 heavy (non-hydrogen) atoms. The number of hydrogen-bond acceptors (Lipinski definition) is 1. The molecule has 0 fully saturated rings. The highest BCUT2D eigenvalue weighted by molar-refractivity contribution is 14.1. The van der Waals surface area contributed by atoms with Crippen LogP contribution in [-0.2, 0) is 6.42 Å². The van der Waals surface area contributed by atoms with Crippen LogP contribution >= 0.6 is 22.6 Å². The molecule has 1 nitrogen and oxygen atoms in total. The summed E-state index contributed by atoms with van der Waals surface area (Å²) in [4.78, 5) is 0. The average Bonchev–Trinajstić information content (AvgIpc) is 2.06. The summed E-state index contributed by atoms with van der Waals surface area (Å²) < 4.78 is 1.35. The van der Waals surface area contributed by atoms with Crippen molar-refractivity contribution in [3.8, 4) is 0 Å². The van der Waals surface area contributed by atoms with Crippen LogP contribution in [0.2, 0.25) is 0 Å². The topological polar surface area (TPSA) is 12.0 Å². The van der Waals surface area contributed by atoms with Gasteiger partial charge in [0.1, 0.15) is 0 Å². The van der Waals surface area contributed by atoms with Crippen LogP contribution in [0.5, 0.6) is 0 Å². The minimum Gasteiger partial charge on any atom is -0.384 e. The van der Waals surface area contributed by atoms with Crippen LogP contribution < -0.4 is 5.32 Å². The molecule has 2 heteroatoms. The predicted octanol–water partition coefficient (Wildman–Crippen LogP) is 2.65. The molecule has 0 unspecified atom stereocenters. The van der Waals surface area contributed by atoms with Crippen LogP contribution in [0.4, 0.5) is 5.69 Å². The smallest absolute Gasteiger partial charge is 0.0508 e. The van der Waals surface area contributed by atoms with Crippen molar-refractivity contribution in [2.24, 2.45) is 0 Å². The number of aryl methyl sites for hydroxylation is 1. The molecule has 1 aromatic rings. The highest BCUT2D eigenvalue weighted by atomic mass is 127. The Morgan fingerprint density at radius 1 is 1.36 bits per heavy atom. The summed E-state index contributed by atoms with van der Waals surface area (Å²) in [5.41, 5.74) is 2.84. The molecule has 0 saturated carbocycles. The zero-order valence-corrected chi connectivity index (χ0v) is 8.39. The van der Waals surface area contributed by atoms with Crippen LogP contribution in [0.1, 0.15) is 12.0 Å². The second kappa shape index (κ2) is 3.01. The van der Waals surface area contributed by atoms with Gasteiger partial charge in [0, 0.05) is 10.1 Å². The molecule has 1 aromatic carbocycles. The van der Waals surface area contributed by atoms with Gasteiger partial charge in [0.15, 0.2) is 0 Å². The van der Waals surface area contributed by atoms with E-state index in [4.69, 9.17) is 0 Å². The number of nitrogens with one attached hydrogen (secondary N) is 1. The molecule has 1 N–H and O–H groups in total. The van der Waals surface area contributed by atoms with E-state index in [1.54, 1.807) is 0 Å². The second-order valence-electron chi connectivity index (χ2n) is 2.80. The highest BCUT2D eigenvalue weighted by Gasteiger charge is 2.09. The van der Waals surface area contributed by atoms with E-state index >= 15 is 0 Å². The molecule has 0 spiro atoms. The van der Waals surface area contributed by atoms with E-state index in [0.717, 1.165) is 6.54 Å². The lowest BCUT2D eigenvalue weighted by atomic mass is 10.0. The lowest BCUT2D eigenvalue weighted by Gasteiger charge is -2.18. The minimum atomic E-state index is 1.13. The first-order chi connectivity index (χ1) is 5.38. The Kier molecular flexibility index (Phi) is 2.02. The summed E-state index contributed by atoms with van der Waals surface area (Å²) in [6.07, 6.45) is 2.51. The minimum absolute atomic E-state index is 1.13. The SMILES string of the molecule is Ic1cccc2c1NCCC2. The van der Waals surface area contributed by atoms with Gasteiger partial charge < -0.3 is 5.32 Å². The molecule has 1 aliphatic heterocycles. The van der Waals surface area contributed by atoms with E-state index in [9.17, 15) is 0 Å². The average molecular weight is 259 g/mol. The number of benzene rings is 1. The first kappa shape index (κ1) is 7.40. The molecule has 58 valence electrons. The van der Waals surface area contributed by atoms with E-state index in [0.29, 0.717) is 0 Å². The maximum Gasteiger partial charge on any atom is 0.0508 e. The highest BCUT2D eigenvalue weighted by Crippen LogP contribution is 2.26. The number of rotatable bonds is 0. The number of hydrogen-bond donors (Lipinski definition) is 1. The molecule has 1 aliphatic rings. The Hall–Kier alpha value is -0.250. The van der Waals surface area contributed by atoms with Gasteiger partial charge in [-0.3, -0.25) is 0 Å². The van der Waals surface area contributed by atoms with Gasteiger partial charge in [-0.1, -0.05) is 12.1 Å². The Balaban J connectivity index is 2.49. The summed E-state index contributed by atoms with van der Waals surface area (Å²) >= 11 is 2.38. The molecule has 1 heterocycles. The molecule has 2 rings (SSSR count). The maximum atomic E-state index is 3.42. The standard InChI is InChI=1S/C9H10IN/c10-8-5-1-3-7-4-2-6-11-9(7)8/h1,3,5,11H,2,4,6H2. The normalized spacial score (nSPS) is 15.4. The Morgan fingerprint density at radius 2 is 2.27 bits per heavy atom. The van der Waals surface area contributed by atoms with Crippen molar-refractivity contribution < 1.29 is 0 Å². The summed E-state index contributed by atoms with van der Waals surface area (Å²) in [6, 6.07) is 6.50. The van der Waals surface area contributed by atoms with Crippen molar-refractivity contribution in [1.82, 2.24) is 0 Å². The Labute approximate surface area is 80.3 Å². The molecular formula is C9H10IN. The van der Waals surface area contributed by atoms with Gasteiger partial charge in [0.2, 0.25) is 0 Å². The van der Waals surface area contributed by atoms with Gasteiger partial charge in [0.25, 0.3) is 0 Å².